The third kappa shape index (κ3) is 5.55. The number of hydrogen-bond donors (Lipinski definition) is 0. The molecule has 1 heterocycles. The molecule has 1 saturated heterocycles. The zero-order valence-electron chi connectivity index (χ0n) is 17.6. The number of nitrogens with zero attached hydrogens (tertiary/aromatic N) is 2. The molecular formula is C25H27ClN2O2S. The zero-order valence-corrected chi connectivity index (χ0v) is 19.2. The second-order valence-corrected chi connectivity index (χ2v) is 10.5. The Morgan fingerprint density at radius 3 is 2.23 bits per heavy atom. The van der Waals surface area contributed by atoms with Gasteiger partial charge < -0.3 is 0 Å². The van der Waals surface area contributed by atoms with E-state index in [4.69, 9.17) is 11.6 Å². The molecular weight excluding hydrogens is 428 g/mol. The van der Waals surface area contributed by atoms with Crippen LogP contribution in [0.5, 0.6) is 0 Å². The first-order chi connectivity index (χ1) is 14.9. The third-order valence-corrected chi connectivity index (χ3v) is 7.46. The number of rotatable bonds is 6. The Morgan fingerprint density at radius 2 is 1.55 bits per heavy atom. The van der Waals surface area contributed by atoms with Gasteiger partial charge in [-0.15, -0.1) is 0 Å². The van der Waals surface area contributed by atoms with Gasteiger partial charge in [-0.25, -0.2) is 8.42 Å². The maximum atomic E-state index is 12.3. The lowest BCUT2D eigenvalue weighted by molar-refractivity contribution is 0.129. The molecule has 0 aromatic heterocycles. The van der Waals surface area contributed by atoms with Crippen LogP contribution >= 0.6 is 11.6 Å². The van der Waals surface area contributed by atoms with Gasteiger partial charge in [-0.3, -0.25) is 4.90 Å². The van der Waals surface area contributed by atoms with E-state index in [0.29, 0.717) is 13.1 Å². The largest absolute Gasteiger partial charge is 0.296 e. The number of benzene rings is 3. The smallest absolute Gasteiger partial charge is 0.211 e. The summed E-state index contributed by atoms with van der Waals surface area (Å²) in [4.78, 5) is 2.35. The molecule has 162 valence electrons. The first kappa shape index (κ1) is 22.0. The molecule has 6 heteroatoms. The van der Waals surface area contributed by atoms with Gasteiger partial charge in [-0.2, -0.15) is 4.31 Å². The lowest BCUT2D eigenvalue weighted by atomic mass is 10.0. The van der Waals surface area contributed by atoms with E-state index in [-0.39, 0.29) is 6.04 Å². The topological polar surface area (TPSA) is 40.6 Å². The van der Waals surface area contributed by atoms with E-state index in [1.165, 1.54) is 11.8 Å². The van der Waals surface area contributed by atoms with Gasteiger partial charge in [-0.05, 0) is 29.2 Å². The predicted molar refractivity (Wildman–Crippen MR) is 128 cm³/mol. The Balaban J connectivity index is 1.47. The van der Waals surface area contributed by atoms with E-state index in [0.717, 1.165) is 41.2 Å². The molecule has 1 fully saturated rings. The van der Waals surface area contributed by atoms with Crippen LogP contribution < -0.4 is 0 Å². The van der Waals surface area contributed by atoms with Crippen LogP contribution in [0.4, 0.5) is 0 Å². The van der Waals surface area contributed by atoms with Crippen LogP contribution in [0.25, 0.3) is 11.1 Å². The van der Waals surface area contributed by atoms with Gasteiger partial charge in [0.05, 0.1) is 6.26 Å². The van der Waals surface area contributed by atoms with Crippen LogP contribution in [-0.2, 0) is 23.0 Å². The van der Waals surface area contributed by atoms with Gasteiger partial charge in [-0.1, -0.05) is 84.4 Å². The van der Waals surface area contributed by atoms with E-state index < -0.39 is 10.0 Å². The maximum absolute atomic E-state index is 12.3. The maximum Gasteiger partial charge on any atom is 0.211 e. The summed E-state index contributed by atoms with van der Waals surface area (Å²) >= 11 is 6.33. The first-order valence-corrected chi connectivity index (χ1v) is 12.7. The predicted octanol–water partition coefficient (Wildman–Crippen LogP) is 4.70. The molecule has 0 spiro atoms. The standard InChI is InChI=1S/C25H27ClN2O2S/c1-31(29,30)28-16-15-27(19-23(28)17-20-7-3-2-4-8-20)18-21-11-13-22(14-12-21)24-9-5-6-10-25(24)26/h2-14,23H,15-19H2,1H3. The fraction of sp³-hybridized carbons (Fsp3) is 0.280. The minimum Gasteiger partial charge on any atom is -0.296 e. The van der Waals surface area contributed by atoms with Crippen LogP contribution in [0.3, 0.4) is 0 Å². The van der Waals surface area contributed by atoms with Crippen molar-refractivity contribution in [2.45, 2.75) is 19.0 Å². The number of halogens is 1. The van der Waals surface area contributed by atoms with Crippen LogP contribution in [0.1, 0.15) is 11.1 Å². The lowest BCUT2D eigenvalue weighted by Gasteiger charge is -2.40. The monoisotopic (exact) mass is 454 g/mol. The second kappa shape index (κ2) is 9.53. The molecule has 1 aliphatic rings. The van der Waals surface area contributed by atoms with Crippen molar-refractivity contribution in [1.82, 2.24) is 9.21 Å². The molecule has 1 aliphatic heterocycles. The molecule has 0 N–H and O–H groups in total. The molecule has 0 amide bonds. The van der Waals surface area contributed by atoms with E-state index in [1.54, 1.807) is 4.31 Å². The molecule has 0 aliphatic carbocycles. The number of piperazine rings is 1. The average Bonchev–Trinajstić information content (AvgIpc) is 2.75. The third-order valence-electron chi connectivity index (χ3n) is 5.80. The summed E-state index contributed by atoms with van der Waals surface area (Å²) in [7, 11) is -3.24. The SMILES string of the molecule is CS(=O)(=O)N1CCN(Cc2ccc(-c3ccccc3Cl)cc2)CC1Cc1ccccc1. The molecule has 0 bridgehead atoms. The summed E-state index contributed by atoms with van der Waals surface area (Å²) in [5.74, 6) is 0. The fourth-order valence-electron chi connectivity index (χ4n) is 4.28. The minimum absolute atomic E-state index is 0.0615. The molecule has 4 rings (SSSR count). The Hall–Kier alpha value is -2.18. The van der Waals surface area contributed by atoms with Crippen LogP contribution in [-0.4, -0.2) is 49.6 Å². The van der Waals surface area contributed by atoms with Crippen molar-refractivity contribution in [3.63, 3.8) is 0 Å². The second-order valence-electron chi connectivity index (χ2n) is 8.13. The van der Waals surface area contributed by atoms with Crippen LogP contribution in [0.15, 0.2) is 78.9 Å². The quantitative estimate of drug-likeness (QED) is 0.542. The summed E-state index contributed by atoms with van der Waals surface area (Å²) in [5, 5.41) is 0.746. The molecule has 4 nitrogen and oxygen atoms in total. The molecule has 0 saturated carbocycles. The van der Waals surface area contributed by atoms with Crippen LogP contribution in [0.2, 0.25) is 5.02 Å². The molecule has 3 aromatic rings. The Labute approximate surface area is 190 Å². The Morgan fingerprint density at radius 1 is 0.871 bits per heavy atom. The Bertz CT molecular complexity index is 1120. The van der Waals surface area contributed by atoms with Gasteiger partial charge in [0, 0.05) is 42.8 Å². The van der Waals surface area contributed by atoms with E-state index >= 15 is 0 Å². The highest BCUT2D eigenvalue weighted by Gasteiger charge is 2.32. The van der Waals surface area contributed by atoms with E-state index in [1.807, 2.05) is 42.5 Å². The van der Waals surface area contributed by atoms with Crippen molar-refractivity contribution in [1.29, 1.82) is 0 Å². The van der Waals surface area contributed by atoms with E-state index in [9.17, 15) is 8.42 Å². The van der Waals surface area contributed by atoms with Crippen molar-refractivity contribution in [2.75, 3.05) is 25.9 Å². The minimum atomic E-state index is -3.24. The van der Waals surface area contributed by atoms with Gasteiger partial charge in [0.25, 0.3) is 0 Å². The highest BCUT2D eigenvalue weighted by atomic mass is 35.5. The lowest BCUT2D eigenvalue weighted by Crippen LogP contribution is -2.55. The highest BCUT2D eigenvalue weighted by molar-refractivity contribution is 7.88. The highest BCUT2D eigenvalue weighted by Crippen LogP contribution is 2.28. The molecule has 3 aromatic carbocycles. The van der Waals surface area contributed by atoms with Gasteiger partial charge in [0.1, 0.15) is 0 Å². The summed E-state index contributed by atoms with van der Waals surface area (Å²) < 4.78 is 26.4. The van der Waals surface area contributed by atoms with Crippen molar-refractivity contribution in [3.8, 4) is 11.1 Å². The Kier molecular flexibility index (Phi) is 6.77. The van der Waals surface area contributed by atoms with Gasteiger partial charge >= 0.3 is 0 Å². The van der Waals surface area contributed by atoms with Crippen molar-refractivity contribution in [2.24, 2.45) is 0 Å². The fourth-order valence-corrected chi connectivity index (χ4v) is 5.62. The molecule has 1 atom stereocenters. The van der Waals surface area contributed by atoms with Crippen molar-refractivity contribution >= 4 is 21.6 Å². The van der Waals surface area contributed by atoms with Gasteiger partial charge in [0.15, 0.2) is 0 Å². The van der Waals surface area contributed by atoms with Crippen molar-refractivity contribution in [3.05, 3.63) is 95.0 Å². The average molecular weight is 455 g/mol. The molecule has 1 unspecified atom stereocenters. The van der Waals surface area contributed by atoms with Gasteiger partial charge in [0.2, 0.25) is 10.0 Å². The number of sulfonamides is 1. The van der Waals surface area contributed by atoms with E-state index in [2.05, 4.69) is 41.3 Å². The summed E-state index contributed by atoms with van der Waals surface area (Å²) in [6.45, 7) is 2.76. The first-order valence-electron chi connectivity index (χ1n) is 10.5. The zero-order chi connectivity index (χ0) is 21.8. The van der Waals surface area contributed by atoms with Crippen molar-refractivity contribution < 1.29 is 8.42 Å². The normalized spacial score (nSPS) is 18.2. The molecule has 0 radical (unpaired) electrons. The summed E-state index contributed by atoms with van der Waals surface area (Å²) in [6, 6.07) is 26.4. The molecule has 31 heavy (non-hydrogen) atoms. The summed E-state index contributed by atoms with van der Waals surface area (Å²) in [5.41, 5.74) is 4.49. The summed E-state index contributed by atoms with van der Waals surface area (Å²) in [6.07, 6.45) is 2.03. The number of hydrogen-bond acceptors (Lipinski definition) is 3. The van der Waals surface area contributed by atoms with Crippen LogP contribution in [0, 0.1) is 0 Å².